The Labute approximate surface area is 175 Å². The standard InChI is InChI=1S/C25H34O4/c1-6-10-20(2)11-7-12-21(3)13-8-14-22(4)15-9-16-23(5)19-29-25(28)18-17-24(26)27/h6-8,10-14,16H,1,9,15,17-19H2,2-5H3,(H,26,27). The number of ether oxygens (including phenoxy) is 1. The van der Waals surface area contributed by atoms with Crippen LogP contribution in [0.25, 0.3) is 0 Å². The van der Waals surface area contributed by atoms with E-state index in [0.717, 1.165) is 29.6 Å². The van der Waals surface area contributed by atoms with Crippen molar-refractivity contribution in [3.63, 3.8) is 0 Å². The summed E-state index contributed by atoms with van der Waals surface area (Å²) in [6.07, 6.45) is 19.6. The number of hydrogen-bond acceptors (Lipinski definition) is 3. The van der Waals surface area contributed by atoms with Crippen LogP contribution in [-0.4, -0.2) is 23.7 Å². The van der Waals surface area contributed by atoms with Crippen LogP contribution in [0.4, 0.5) is 0 Å². The highest BCUT2D eigenvalue weighted by Gasteiger charge is 2.06. The van der Waals surface area contributed by atoms with Crippen LogP contribution in [0, 0.1) is 0 Å². The molecule has 0 radical (unpaired) electrons. The minimum Gasteiger partial charge on any atom is -0.481 e. The molecule has 0 aliphatic carbocycles. The van der Waals surface area contributed by atoms with Gasteiger partial charge in [0.25, 0.3) is 0 Å². The minimum atomic E-state index is -0.997. The monoisotopic (exact) mass is 398 g/mol. The molecule has 4 heteroatoms. The van der Waals surface area contributed by atoms with Crippen LogP contribution in [0.1, 0.15) is 53.4 Å². The molecule has 4 nitrogen and oxygen atoms in total. The lowest BCUT2D eigenvalue weighted by Gasteiger charge is -2.04. The Morgan fingerprint density at radius 2 is 1.48 bits per heavy atom. The molecule has 0 bridgehead atoms. The van der Waals surface area contributed by atoms with Gasteiger partial charge in [-0.3, -0.25) is 9.59 Å². The molecule has 0 spiro atoms. The van der Waals surface area contributed by atoms with E-state index in [9.17, 15) is 9.59 Å². The predicted molar refractivity (Wildman–Crippen MR) is 121 cm³/mol. The van der Waals surface area contributed by atoms with Gasteiger partial charge in [0.2, 0.25) is 0 Å². The Morgan fingerprint density at radius 3 is 2.10 bits per heavy atom. The van der Waals surface area contributed by atoms with Gasteiger partial charge in [0.05, 0.1) is 12.8 Å². The van der Waals surface area contributed by atoms with Crippen molar-refractivity contribution in [1.82, 2.24) is 0 Å². The molecule has 0 atom stereocenters. The van der Waals surface area contributed by atoms with Crippen molar-refractivity contribution in [2.75, 3.05) is 6.61 Å². The van der Waals surface area contributed by atoms with Crippen molar-refractivity contribution in [3.05, 3.63) is 83.6 Å². The summed E-state index contributed by atoms with van der Waals surface area (Å²) in [6.45, 7) is 12.0. The Bertz CT molecular complexity index is 728. The van der Waals surface area contributed by atoms with E-state index in [0.29, 0.717) is 0 Å². The van der Waals surface area contributed by atoms with Gasteiger partial charge in [-0.25, -0.2) is 0 Å². The molecular weight excluding hydrogens is 364 g/mol. The topological polar surface area (TPSA) is 63.6 Å². The summed E-state index contributed by atoms with van der Waals surface area (Å²) >= 11 is 0. The van der Waals surface area contributed by atoms with Gasteiger partial charge in [0.15, 0.2) is 0 Å². The first-order valence-electron chi connectivity index (χ1n) is 9.75. The number of aliphatic carboxylic acids is 1. The number of carbonyl (C=O) groups is 2. The van der Waals surface area contributed by atoms with Crippen molar-refractivity contribution >= 4 is 11.9 Å². The van der Waals surface area contributed by atoms with Gasteiger partial charge in [-0.05, 0) is 46.1 Å². The molecule has 29 heavy (non-hydrogen) atoms. The molecular formula is C25H34O4. The maximum absolute atomic E-state index is 11.4. The van der Waals surface area contributed by atoms with Crippen LogP contribution < -0.4 is 0 Å². The number of hydrogen-bond donors (Lipinski definition) is 1. The van der Waals surface area contributed by atoms with Gasteiger partial charge < -0.3 is 9.84 Å². The fourth-order valence-corrected chi connectivity index (χ4v) is 2.18. The second kappa shape index (κ2) is 16.1. The van der Waals surface area contributed by atoms with Crippen molar-refractivity contribution in [2.45, 2.75) is 53.4 Å². The highest BCUT2D eigenvalue weighted by molar-refractivity contribution is 5.76. The third kappa shape index (κ3) is 17.0. The quantitative estimate of drug-likeness (QED) is 0.226. The number of esters is 1. The van der Waals surface area contributed by atoms with Crippen molar-refractivity contribution in [3.8, 4) is 0 Å². The number of carboxylic acid groups (broad SMARTS) is 1. The van der Waals surface area contributed by atoms with Gasteiger partial charge in [-0.15, -0.1) is 0 Å². The second-order valence-corrected chi connectivity index (χ2v) is 6.93. The van der Waals surface area contributed by atoms with Gasteiger partial charge in [-0.2, -0.15) is 0 Å². The third-order valence-electron chi connectivity index (χ3n) is 3.87. The number of allylic oxidation sites excluding steroid dienone is 12. The van der Waals surface area contributed by atoms with Crippen molar-refractivity contribution in [2.24, 2.45) is 0 Å². The average molecular weight is 399 g/mol. The SMILES string of the molecule is C=CC=C(C)C=CC=C(C)C=CC=C(C)CCC=C(C)COC(=O)CCC(=O)O. The van der Waals surface area contributed by atoms with E-state index >= 15 is 0 Å². The van der Waals surface area contributed by atoms with Crippen LogP contribution in [0.15, 0.2) is 83.6 Å². The first-order chi connectivity index (χ1) is 13.7. The molecule has 0 rings (SSSR count). The lowest BCUT2D eigenvalue weighted by atomic mass is 10.1. The highest BCUT2D eigenvalue weighted by atomic mass is 16.5. The summed E-state index contributed by atoms with van der Waals surface area (Å²) < 4.78 is 5.05. The van der Waals surface area contributed by atoms with Crippen molar-refractivity contribution < 1.29 is 19.4 Å². The third-order valence-corrected chi connectivity index (χ3v) is 3.87. The number of rotatable bonds is 13. The maximum atomic E-state index is 11.4. The zero-order valence-electron chi connectivity index (χ0n) is 18.1. The van der Waals surface area contributed by atoms with Gasteiger partial charge in [0.1, 0.15) is 6.61 Å². The van der Waals surface area contributed by atoms with Gasteiger partial charge in [-0.1, -0.05) is 78.0 Å². The van der Waals surface area contributed by atoms with Crippen LogP contribution in [0.2, 0.25) is 0 Å². The van der Waals surface area contributed by atoms with Crippen LogP contribution in [-0.2, 0) is 14.3 Å². The summed E-state index contributed by atoms with van der Waals surface area (Å²) in [6, 6.07) is 0. The molecule has 0 unspecified atom stereocenters. The van der Waals surface area contributed by atoms with Gasteiger partial charge >= 0.3 is 11.9 Å². The Balaban J connectivity index is 4.31. The first kappa shape index (κ1) is 26.1. The molecule has 0 fully saturated rings. The maximum Gasteiger partial charge on any atom is 0.306 e. The van der Waals surface area contributed by atoms with E-state index < -0.39 is 11.9 Å². The molecule has 0 saturated carbocycles. The average Bonchev–Trinajstić information content (AvgIpc) is 2.65. The molecule has 0 aromatic heterocycles. The lowest BCUT2D eigenvalue weighted by molar-refractivity contribution is -0.147. The molecule has 158 valence electrons. The largest absolute Gasteiger partial charge is 0.481 e. The summed E-state index contributed by atoms with van der Waals surface area (Å²) in [7, 11) is 0. The Morgan fingerprint density at radius 1 is 0.862 bits per heavy atom. The molecule has 0 aromatic rings. The zero-order chi connectivity index (χ0) is 22.1. The molecule has 0 aromatic carbocycles. The first-order valence-corrected chi connectivity index (χ1v) is 9.75. The van der Waals surface area contributed by atoms with Crippen LogP contribution >= 0.6 is 0 Å². The minimum absolute atomic E-state index is 0.0917. The number of carbonyl (C=O) groups excluding carboxylic acids is 1. The summed E-state index contributed by atoms with van der Waals surface area (Å²) in [5.41, 5.74) is 4.54. The van der Waals surface area contributed by atoms with Crippen LogP contribution in [0.3, 0.4) is 0 Å². The molecule has 0 aliphatic rings. The summed E-state index contributed by atoms with van der Waals surface area (Å²) in [5, 5.41) is 8.54. The molecule has 1 N–H and O–H groups in total. The summed E-state index contributed by atoms with van der Waals surface area (Å²) in [4.78, 5) is 21.8. The normalized spacial score (nSPS) is 13.9. The lowest BCUT2D eigenvalue weighted by Crippen LogP contribution is -2.08. The Hall–Kier alpha value is -2.88. The van der Waals surface area contributed by atoms with E-state index in [1.807, 2.05) is 44.2 Å². The zero-order valence-corrected chi connectivity index (χ0v) is 18.1. The molecule has 0 saturated heterocycles. The van der Waals surface area contributed by atoms with Crippen molar-refractivity contribution in [1.29, 1.82) is 0 Å². The fourth-order valence-electron chi connectivity index (χ4n) is 2.18. The van der Waals surface area contributed by atoms with Crippen LogP contribution in [0.5, 0.6) is 0 Å². The predicted octanol–water partition coefficient (Wildman–Crippen LogP) is 6.26. The van der Waals surface area contributed by atoms with E-state index in [2.05, 4.69) is 38.7 Å². The second-order valence-electron chi connectivity index (χ2n) is 6.93. The molecule has 0 aliphatic heterocycles. The highest BCUT2D eigenvalue weighted by Crippen LogP contribution is 2.08. The fraction of sp³-hybridized carbons (Fsp3) is 0.360. The van der Waals surface area contributed by atoms with E-state index in [-0.39, 0.29) is 19.4 Å². The van der Waals surface area contributed by atoms with Gasteiger partial charge in [0, 0.05) is 0 Å². The smallest absolute Gasteiger partial charge is 0.306 e. The van der Waals surface area contributed by atoms with E-state index in [4.69, 9.17) is 9.84 Å². The van der Waals surface area contributed by atoms with E-state index in [1.54, 1.807) is 6.08 Å². The molecule has 0 amide bonds. The van der Waals surface area contributed by atoms with E-state index in [1.165, 1.54) is 5.57 Å². The Kier molecular flexibility index (Phi) is 14.5. The summed E-state index contributed by atoms with van der Waals surface area (Å²) in [5.74, 6) is -1.48. The number of carboxylic acids is 1. The molecule has 0 heterocycles.